The van der Waals surface area contributed by atoms with Gasteiger partial charge in [0.2, 0.25) is 0 Å². The number of aryl methyl sites for hydroxylation is 1. The van der Waals surface area contributed by atoms with Gasteiger partial charge in [0.1, 0.15) is 5.78 Å². The maximum absolute atomic E-state index is 11.6. The van der Waals surface area contributed by atoms with Crippen molar-refractivity contribution >= 4 is 5.78 Å². The van der Waals surface area contributed by atoms with Crippen molar-refractivity contribution in [1.29, 1.82) is 0 Å². The van der Waals surface area contributed by atoms with Crippen LogP contribution in [0.15, 0.2) is 12.4 Å². The number of ketones is 1. The molecule has 0 radical (unpaired) electrons. The molecule has 1 aromatic rings. The van der Waals surface area contributed by atoms with Crippen molar-refractivity contribution < 1.29 is 4.79 Å². The van der Waals surface area contributed by atoms with Crippen LogP contribution in [0.2, 0.25) is 0 Å². The van der Waals surface area contributed by atoms with Crippen molar-refractivity contribution in [1.82, 2.24) is 9.78 Å². The molecule has 3 nitrogen and oxygen atoms in total. The van der Waals surface area contributed by atoms with Crippen LogP contribution < -0.4 is 0 Å². The Morgan fingerprint density at radius 3 is 2.93 bits per heavy atom. The molecule has 3 heteroatoms. The molecule has 0 aromatic carbocycles. The Balaban J connectivity index is 1.93. The van der Waals surface area contributed by atoms with Crippen molar-refractivity contribution in [3.05, 3.63) is 18.0 Å². The van der Waals surface area contributed by atoms with Crippen LogP contribution in [-0.2, 0) is 17.8 Å². The highest BCUT2D eigenvalue weighted by molar-refractivity contribution is 5.85. The van der Waals surface area contributed by atoms with Gasteiger partial charge in [-0.3, -0.25) is 9.48 Å². The van der Waals surface area contributed by atoms with Gasteiger partial charge in [-0.1, -0.05) is 6.92 Å². The molecule has 1 fully saturated rings. The molecule has 1 aliphatic carbocycles. The van der Waals surface area contributed by atoms with Crippen LogP contribution in [0.4, 0.5) is 0 Å². The Morgan fingerprint density at radius 2 is 2.43 bits per heavy atom. The summed E-state index contributed by atoms with van der Waals surface area (Å²) in [4.78, 5) is 11.6. The fourth-order valence-electron chi connectivity index (χ4n) is 1.77. The van der Waals surface area contributed by atoms with Crippen LogP contribution >= 0.6 is 0 Å². The van der Waals surface area contributed by atoms with Gasteiger partial charge in [0, 0.05) is 25.1 Å². The molecule has 2 unspecified atom stereocenters. The monoisotopic (exact) mass is 192 g/mol. The van der Waals surface area contributed by atoms with Gasteiger partial charge in [-0.25, -0.2) is 0 Å². The van der Waals surface area contributed by atoms with E-state index in [2.05, 4.69) is 12.0 Å². The summed E-state index contributed by atoms with van der Waals surface area (Å²) in [5.74, 6) is 1.33. The Labute approximate surface area is 84.1 Å². The van der Waals surface area contributed by atoms with E-state index in [9.17, 15) is 4.79 Å². The topological polar surface area (TPSA) is 34.9 Å². The number of hydrogen-bond acceptors (Lipinski definition) is 2. The molecular weight excluding hydrogens is 176 g/mol. The molecule has 1 heterocycles. The summed E-state index contributed by atoms with van der Waals surface area (Å²) in [5, 5.41) is 4.15. The third-order valence-corrected chi connectivity index (χ3v) is 2.91. The lowest BCUT2D eigenvalue weighted by atomic mass is 10.1. The molecule has 2 atom stereocenters. The molecule has 0 saturated heterocycles. The second kappa shape index (κ2) is 3.56. The maximum atomic E-state index is 11.6. The van der Waals surface area contributed by atoms with Crippen molar-refractivity contribution in [3.8, 4) is 0 Å². The van der Waals surface area contributed by atoms with Crippen molar-refractivity contribution in [2.75, 3.05) is 0 Å². The standard InChI is InChI=1S/C11H16N2O/c1-3-13-7-9(6-12-13)5-11(14)10-4-8(10)2/h6-8,10H,3-5H2,1-2H3. The molecule has 0 aliphatic heterocycles. The molecule has 2 rings (SSSR count). The lowest BCUT2D eigenvalue weighted by Gasteiger charge is -1.95. The number of nitrogens with zero attached hydrogens (tertiary/aromatic N) is 2. The van der Waals surface area contributed by atoms with Gasteiger partial charge >= 0.3 is 0 Å². The third kappa shape index (κ3) is 1.86. The van der Waals surface area contributed by atoms with Gasteiger partial charge in [-0.2, -0.15) is 5.10 Å². The van der Waals surface area contributed by atoms with Gasteiger partial charge in [0.05, 0.1) is 6.20 Å². The van der Waals surface area contributed by atoms with Gasteiger partial charge in [-0.15, -0.1) is 0 Å². The van der Waals surface area contributed by atoms with E-state index >= 15 is 0 Å². The van der Waals surface area contributed by atoms with Crippen LogP contribution in [0.5, 0.6) is 0 Å². The Morgan fingerprint density at radius 1 is 1.71 bits per heavy atom. The van der Waals surface area contributed by atoms with Gasteiger partial charge in [0.15, 0.2) is 0 Å². The molecular formula is C11H16N2O. The SMILES string of the molecule is CCn1cc(CC(=O)C2CC2C)cn1. The molecule has 76 valence electrons. The zero-order chi connectivity index (χ0) is 10.1. The summed E-state index contributed by atoms with van der Waals surface area (Å²) in [5.41, 5.74) is 1.05. The van der Waals surface area contributed by atoms with E-state index in [4.69, 9.17) is 0 Å². The molecule has 0 amide bonds. The third-order valence-electron chi connectivity index (χ3n) is 2.91. The highest BCUT2D eigenvalue weighted by Crippen LogP contribution is 2.38. The summed E-state index contributed by atoms with van der Waals surface area (Å²) in [6.07, 6.45) is 5.41. The van der Waals surface area contributed by atoms with Crippen LogP contribution in [-0.4, -0.2) is 15.6 Å². The largest absolute Gasteiger partial charge is 0.299 e. The lowest BCUT2D eigenvalue weighted by Crippen LogP contribution is -2.05. The first-order chi connectivity index (χ1) is 6.70. The van der Waals surface area contributed by atoms with Gasteiger partial charge in [-0.05, 0) is 24.8 Å². The fourth-order valence-corrected chi connectivity index (χ4v) is 1.77. The first kappa shape index (κ1) is 9.44. The molecule has 14 heavy (non-hydrogen) atoms. The number of carbonyl (C=O) groups excluding carboxylic acids is 1. The number of carbonyl (C=O) groups is 1. The number of aromatic nitrogens is 2. The summed E-state index contributed by atoms with van der Waals surface area (Å²) in [6.45, 7) is 5.05. The van der Waals surface area contributed by atoms with E-state index in [0.717, 1.165) is 18.5 Å². The first-order valence-corrected chi connectivity index (χ1v) is 5.24. The van der Waals surface area contributed by atoms with E-state index in [-0.39, 0.29) is 0 Å². The lowest BCUT2D eigenvalue weighted by molar-refractivity contribution is -0.119. The molecule has 1 aromatic heterocycles. The minimum absolute atomic E-state index is 0.333. The number of Topliss-reactive ketones (excluding diaryl/α,β-unsaturated/α-hetero) is 1. The van der Waals surface area contributed by atoms with Crippen molar-refractivity contribution in [2.24, 2.45) is 11.8 Å². The van der Waals surface area contributed by atoms with E-state index in [1.165, 1.54) is 0 Å². The molecule has 0 N–H and O–H groups in total. The normalized spacial score (nSPS) is 25.0. The minimum atomic E-state index is 0.333. The summed E-state index contributed by atoms with van der Waals surface area (Å²) >= 11 is 0. The highest BCUT2D eigenvalue weighted by Gasteiger charge is 2.38. The van der Waals surface area contributed by atoms with E-state index in [1.54, 1.807) is 6.20 Å². The average molecular weight is 192 g/mol. The van der Waals surface area contributed by atoms with Crippen LogP contribution in [0.1, 0.15) is 25.8 Å². The zero-order valence-corrected chi connectivity index (χ0v) is 8.73. The highest BCUT2D eigenvalue weighted by atomic mass is 16.1. The predicted octanol–water partition coefficient (Wildman–Crippen LogP) is 1.67. The number of rotatable bonds is 4. The molecule has 0 spiro atoms. The van der Waals surface area contributed by atoms with Crippen molar-refractivity contribution in [2.45, 2.75) is 33.2 Å². The Bertz CT molecular complexity index is 343. The molecule has 0 bridgehead atoms. The van der Waals surface area contributed by atoms with E-state index in [0.29, 0.717) is 24.0 Å². The quantitative estimate of drug-likeness (QED) is 0.727. The van der Waals surface area contributed by atoms with E-state index in [1.807, 2.05) is 17.8 Å². The van der Waals surface area contributed by atoms with Crippen molar-refractivity contribution in [3.63, 3.8) is 0 Å². The van der Waals surface area contributed by atoms with Crippen LogP contribution in [0.3, 0.4) is 0 Å². The molecule has 1 aliphatic rings. The van der Waals surface area contributed by atoms with E-state index < -0.39 is 0 Å². The number of hydrogen-bond donors (Lipinski definition) is 0. The summed E-state index contributed by atoms with van der Waals surface area (Å²) in [7, 11) is 0. The van der Waals surface area contributed by atoms with Gasteiger partial charge in [0.25, 0.3) is 0 Å². The second-order valence-corrected chi connectivity index (χ2v) is 4.17. The van der Waals surface area contributed by atoms with Crippen LogP contribution in [0.25, 0.3) is 0 Å². The Kier molecular flexibility index (Phi) is 2.40. The summed E-state index contributed by atoms with van der Waals surface area (Å²) in [6, 6.07) is 0. The smallest absolute Gasteiger partial charge is 0.140 e. The second-order valence-electron chi connectivity index (χ2n) is 4.17. The van der Waals surface area contributed by atoms with Crippen LogP contribution in [0, 0.1) is 11.8 Å². The first-order valence-electron chi connectivity index (χ1n) is 5.24. The maximum Gasteiger partial charge on any atom is 0.140 e. The zero-order valence-electron chi connectivity index (χ0n) is 8.73. The fraction of sp³-hybridized carbons (Fsp3) is 0.636. The molecule has 1 saturated carbocycles. The Hall–Kier alpha value is -1.12. The average Bonchev–Trinajstić information content (AvgIpc) is 2.74. The minimum Gasteiger partial charge on any atom is -0.299 e. The summed E-state index contributed by atoms with van der Waals surface area (Å²) < 4.78 is 1.86. The van der Waals surface area contributed by atoms with Gasteiger partial charge < -0.3 is 0 Å². The predicted molar refractivity (Wildman–Crippen MR) is 53.9 cm³/mol.